The molecular formula is C29H28N4. The van der Waals surface area contributed by atoms with Gasteiger partial charge < -0.3 is 0 Å². The zero-order valence-electron chi connectivity index (χ0n) is 19.0. The summed E-state index contributed by atoms with van der Waals surface area (Å²) in [5, 5.41) is 1.16. The highest BCUT2D eigenvalue weighted by atomic mass is 15.1. The third-order valence-corrected chi connectivity index (χ3v) is 6.04. The Morgan fingerprint density at radius 3 is 2.48 bits per heavy atom. The zero-order chi connectivity index (χ0) is 22.5. The SMILES string of the molecule is CCC1=CC(CN(Cc2ccccn2)Cc2ccc3ccccc3n2)=Nc2ccccc2C1. The van der Waals surface area contributed by atoms with Crippen LogP contribution in [0.2, 0.25) is 0 Å². The Bertz CT molecular complexity index is 1310. The number of rotatable bonds is 7. The fourth-order valence-corrected chi connectivity index (χ4v) is 4.34. The van der Waals surface area contributed by atoms with E-state index < -0.39 is 0 Å². The molecule has 4 aromatic rings. The van der Waals surface area contributed by atoms with Crippen LogP contribution in [0.1, 0.15) is 30.3 Å². The fourth-order valence-electron chi connectivity index (χ4n) is 4.34. The Kier molecular flexibility index (Phi) is 6.36. The molecule has 4 nitrogen and oxygen atoms in total. The Hall–Kier alpha value is -3.63. The van der Waals surface area contributed by atoms with Gasteiger partial charge in [0.2, 0.25) is 0 Å². The Morgan fingerprint density at radius 1 is 0.788 bits per heavy atom. The number of hydrogen-bond acceptors (Lipinski definition) is 4. The molecule has 0 N–H and O–H groups in total. The van der Waals surface area contributed by atoms with Gasteiger partial charge in [-0.15, -0.1) is 0 Å². The van der Waals surface area contributed by atoms with E-state index in [-0.39, 0.29) is 0 Å². The van der Waals surface area contributed by atoms with Gasteiger partial charge in [0.1, 0.15) is 0 Å². The molecule has 0 bridgehead atoms. The number of aromatic nitrogens is 2. The summed E-state index contributed by atoms with van der Waals surface area (Å²) in [6.45, 7) is 4.44. The molecule has 0 spiro atoms. The average molecular weight is 433 g/mol. The maximum absolute atomic E-state index is 5.07. The topological polar surface area (TPSA) is 41.4 Å². The van der Waals surface area contributed by atoms with E-state index in [1.54, 1.807) is 0 Å². The summed E-state index contributed by atoms with van der Waals surface area (Å²) < 4.78 is 0. The molecule has 5 rings (SSSR count). The molecule has 2 aromatic heterocycles. The summed E-state index contributed by atoms with van der Waals surface area (Å²) in [7, 11) is 0. The van der Waals surface area contributed by atoms with E-state index in [0.29, 0.717) is 0 Å². The summed E-state index contributed by atoms with van der Waals surface area (Å²) in [4.78, 5) is 16.9. The molecule has 3 heterocycles. The molecule has 0 aliphatic carbocycles. The van der Waals surface area contributed by atoms with Crippen LogP contribution in [0, 0.1) is 0 Å². The maximum Gasteiger partial charge on any atom is 0.0705 e. The first-order valence-corrected chi connectivity index (χ1v) is 11.6. The van der Waals surface area contributed by atoms with E-state index in [1.165, 1.54) is 11.1 Å². The predicted octanol–water partition coefficient (Wildman–Crippen LogP) is 6.30. The fraction of sp³-hybridized carbons (Fsp3) is 0.207. The molecule has 0 radical (unpaired) electrons. The van der Waals surface area contributed by atoms with Gasteiger partial charge in [-0.25, -0.2) is 0 Å². The van der Waals surface area contributed by atoms with Crippen molar-refractivity contribution >= 4 is 22.3 Å². The molecule has 0 atom stereocenters. The molecule has 0 fully saturated rings. The van der Waals surface area contributed by atoms with Crippen molar-refractivity contribution in [1.82, 2.24) is 14.9 Å². The molecule has 0 amide bonds. The average Bonchev–Trinajstić information content (AvgIpc) is 3.03. The second-order valence-corrected chi connectivity index (χ2v) is 8.53. The van der Waals surface area contributed by atoms with Crippen molar-refractivity contribution in [2.45, 2.75) is 32.9 Å². The van der Waals surface area contributed by atoms with Crippen LogP contribution in [0.25, 0.3) is 10.9 Å². The monoisotopic (exact) mass is 432 g/mol. The summed E-state index contributed by atoms with van der Waals surface area (Å²) >= 11 is 0. The van der Waals surface area contributed by atoms with Crippen molar-refractivity contribution in [2.75, 3.05) is 6.54 Å². The summed E-state index contributed by atoms with van der Waals surface area (Å²) in [5.41, 5.74) is 8.02. The lowest BCUT2D eigenvalue weighted by molar-refractivity contribution is 0.288. The smallest absolute Gasteiger partial charge is 0.0705 e. The van der Waals surface area contributed by atoms with E-state index in [0.717, 1.165) is 66.2 Å². The standard InChI is InChI=1S/C29H28N4/c1-2-22-17-24-10-4-6-13-29(24)32-27(18-22)21-33(19-25-11-7-8-16-30-25)20-26-15-14-23-9-3-5-12-28(23)31-26/h3-16,18H,2,17,19-21H2,1H3. The lowest BCUT2D eigenvalue weighted by atomic mass is 10.0. The van der Waals surface area contributed by atoms with Crippen LogP contribution in [0.15, 0.2) is 102 Å². The number of nitrogens with zero attached hydrogens (tertiary/aromatic N) is 4. The highest BCUT2D eigenvalue weighted by Gasteiger charge is 2.15. The lowest BCUT2D eigenvalue weighted by Gasteiger charge is -2.22. The van der Waals surface area contributed by atoms with E-state index in [2.05, 4.69) is 83.5 Å². The van der Waals surface area contributed by atoms with Gasteiger partial charge in [0.15, 0.2) is 0 Å². The van der Waals surface area contributed by atoms with Gasteiger partial charge in [-0.3, -0.25) is 19.9 Å². The van der Waals surface area contributed by atoms with Crippen LogP contribution in [0.4, 0.5) is 5.69 Å². The van der Waals surface area contributed by atoms with Gasteiger partial charge in [-0.1, -0.05) is 61.0 Å². The molecule has 0 unspecified atom stereocenters. The first-order valence-electron chi connectivity index (χ1n) is 11.6. The minimum absolute atomic E-state index is 0.734. The highest BCUT2D eigenvalue weighted by Crippen LogP contribution is 2.26. The van der Waals surface area contributed by atoms with Gasteiger partial charge in [0.05, 0.1) is 28.3 Å². The molecular weight excluding hydrogens is 404 g/mol. The van der Waals surface area contributed by atoms with E-state index >= 15 is 0 Å². The normalized spacial score (nSPS) is 13.4. The minimum Gasteiger partial charge on any atom is -0.286 e. The van der Waals surface area contributed by atoms with Crippen molar-refractivity contribution in [3.05, 3.63) is 114 Å². The van der Waals surface area contributed by atoms with E-state index in [1.807, 2.05) is 24.4 Å². The first-order chi connectivity index (χ1) is 16.3. The number of allylic oxidation sites excluding steroid dienone is 1. The lowest BCUT2D eigenvalue weighted by Crippen LogP contribution is -2.29. The van der Waals surface area contributed by atoms with Gasteiger partial charge in [-0.2, -0.15) is 0 Å². The van der Waals surface area contributed by atoms with Crippen LogP contribution < -0.4 is 0 Å². The third-order valence-electron chi connectivity index (χ3n) is 6.04. The number of pyridine rings is 2. The number of benzene rings is 2. The molecule has 33 heavy (non-hydrogen) atoms. The maximum atomic E-state index is 5.07. The molecule has 4 heteroatoms. The molecule has 164 valence electrons. The van der Waals surface area contributed by atoms with E-state index in [9.17, 15) is 0 Å². The van der Waals surface area contributed by atoms with E-state index in [4.69, 9.17) is 9.98 Å². The van der Waals surface area contributed by atoms with Gasteiger partial charge in [0.25, 0.3) is 0 Å². The van der Waals surface area contributed by atoms with Crippen molar-refractivity contribution in [2.24, 2.45) is 4.99 Å². The first kappa shape index (κ1) is 21.2. The number of fused-ring (bicyclic) bond motifs is 2. The van der Waals surface area contributed by atoms with Crippen molar-refractivity contribution in [3.8, 4) is 0 Å². The largest absolute Gasteiger partial charge is 0.286 e. The van der Waals surface area contributed by atoms with Crippen LogP contribution in [-0.2, 0) is 19.5 Å². The summed E-state index contributed by atoms with van der Waals surface area (Å²) in [6, 6.07) is 27.1. The third kappa shape index (κ3) is 5.24. The van der Waals surface area contributed by atoms with Gasteiger partial charge in [-0.05, 0) is 54.8 Å². The zero-order valence-corrected chi connectivity index (χ0v) is 19.0. The quantitative estimate of drug-likeness (QED) is 0.344. The second-order valence-electron chi connectivity index (χ2n) is 8.53. The summed E-state index contributed by atoms with van der Waals surface area (Å²) in [5.74, 6) is 0. The molecule has 2 aromatic carbocycles. The molecule has 0 saturated carbocycles. The molecule has 1 aliphatic heterocycles. The van der Waals surface area contributed by atoms with Gasteiger partial charge in [0, 0.05) is 31.2 Å². The Morgan fingerprint density at radius 2 is 1.61 bits per heavy atom. The highest BCUT2D eigenvalue weighted by molar-refractivity contribution is 5.99. The minimum atomic E-state index is 0.734. The number of hydrogen-bond donors (Lipinski definition) is 0. The predicted molar refractivity (Wildman–Crippen MR) is 136 cm³/mol. The Balaban J connectivity index is 1.46. The summed E-state index contributed by atoms with van der Waals surface area (Å²) in [6.07, 6.45) is 6.14. The Labute approximate surface area is 195 Å². The molecule has 0 saturated heterocycles. The van der Waals surface area contributed by atoms with Gasteiger partial charge >= 0.3 is 0 Å². The number of aliphatic imine (C=N–C) groups is 1. The van der Waals surface area contributed by atoms with Crippen molar-refractivity contribution in [1.29, 1.82) is 0 Å². The number of para-hydroxylation sites is 2. The van der Waals surface area contributed by atoms with Crippen LogP contribution in [-0.4, -0.2) is 27.1 Å². The van der Waals surface area contributed by atoms with Crippen LogP contribution in [0.3, 0.4) is 0 Å². The van der Waals surface area contributed by atoms with Crippen molar-refractivity contribution < 1.29 is 0 Å². The van der Waals surface area contributed by atoms with Crippen LogP contribution in [0.5, 0.6) is 0 Å². The van der Waals surface area contributed by atoms with Crippen molar-refractivity contribution in [3.63, 3.8) is 0 Å². The van der Waals surface area contributed by atoms with Crippen LogP contribution >= 0.6 is 0 Å². The molecule has 1 aliphatic rings. The second kappa shape index (κ2) is 9.88.